The number of hydrogen-bond donors (Lipinski definition) is 1. The Kier molecular flexibility index (Phi) is 4.70. The highest BCUT2D eigenvalue weighted by Gasteiger charge is 2.14. The maximum Gasteiger partial charge on any atom is 0.276 e. The van der Waals surface area contributed by atoms with Crippen molar-refractivity contribution in [2.24, 2.45) is 5.10 Å². The van der Waals surface area contributed by atoms with Gasteiger partial charge in [0, 0.05) is 0 Å². The predicted octanol–water partition coefficient (Wildman–Crippen LogP) is 3.68. The molecule has 0 amide bonds. The zero-order chi connectivity index (χ0) is 14.8. The molecule has 1 aromatic heterocycles. The van der Waals surface area contributed by atoms with Crippen molar-refractivity contribution in [3.8, 4) is 0 Å². The number of rotatable bonds is 4. The van der Waals surface area contributed by atoms with Crippen LogP contribution in [0.1, 0.15) is 10.4 Å². The molecule has 0 saturated carbocycles. The van der Waals surface area contributed by atoms with Crippen LogP contribution in [0.15, 0.2) is 39.6 Å². The highest BCUT2D eigenvalue weighted by atomic mass is 35.5. The van der Waals surface area contributed by atoms with Crippen molar-refractivity contribution < 1.29 is 8.42 Å². The van der Waals surface area contributed by atoms with E-state index in [4.69, 9.17) is 23.2 Å². The molecule has 0 atom stereocenters. The molecule has 0 radical (unpaired) electrons. The van der Waals surface area contributed by atoms with Gasteiger partial charge in [0.2, 0.25) is 0 Å². The molecule has 0 fully saturated rings. The van der Waals surface area contributed by atoms with Gasteiger partial charge in [-0.1, -0.05) is 23.2 Å². The molecule has 2 aromatic rings. The largest absolute Gasteiger partial charge is 0.276 e. The molecule has 20 heavy (non-hydrogen) atoms. The number of aryl methyl sites for hydroxylation is 1. The number of nitrogens with one attached hydrogen (secondary N) is 1. The van der Waals surface area contributed by atoms with Gasteiger partial charge < -0.3 is 0 Å². The van der Waals surface area contributed by atoms with Gasteiger partial charge in [0.05, 0.1) is 26.0 Å². The Bertz CT molecular complexity index is 755. The summed E-state index contributed by atoms with van der Waals surface area (Å²) in [5.74, 6) is 0. The van der Waals surface area contributed by atoms with Crippen LogP contribution in [0.25, 0.3) is 0 Å². The third kappa shape index (κ3) is 3.52. The summed E-state index contributed by atoms with van der Waals surface area (Å²) in [6, 6.07) is 5.99. The minimum Gasteiger partial charge on any atom is -0.200 e. The van der Waals surface area contributed by atoms with Crippen molar-refractivity contribution in [1.82, 2.24) is 4.83 Å². The first-order valence-electron chi connectivity index (χ1n) is 5.44. The fourth-order valence-electron chi connectivity index (χ4n) is 1.37. The van der Waals surface area contributed by atoms with E-state index in [2.05, 4.69) is 9.93 Å². The van der Waals surface area contributed by atoms with Gasteiger partial charge in [-0.15, -0.1) is 11.3 Å². The fourth-order valence-corrected chi connectivity index (χ4v) is 3.33. The van der Waals surface area contributed by atoms with Crippen LogP contribution >= 0.6 is 34.5 Å². The highest BCUT2D eigenvalue weighted by molar-refractivity contribution is 7.89. The first-order valence-corrected chi connectivity index (χ1v) is 8.56. The zero-order valence-electron chi connectivity index (χ0n) is 10.3. The van der Waals surface area contributed by atoms with E-state index < -0.39 is 10.0 Å². The normalized spacial score (nSPS) is 11.9. The summed E-state index contributed by atoms with van der Waals surface area (Å²) in [5, 5.41) is 6.12. The van der Waals surface area contributed by atoms with E-state index in [0.29, 0.717) is 5.02 Å². The van der Waals surface area contributed by atoms with Gasteiger partial charge >= 0.3 is 0 Å². The second kappa shape index (κ2) is 6.13. The van der Waals surface area contributed by atoms with Crippen molar-refractivity contribution in [2.75, 3.05) is 0 Å². The Hall–Kier alpha value is -1.08. The van der Waals surface area contributed by atoms with Gasteiger partial charge in [-0.05, 0) is 42.1 Å². The molecule has 2 rings (SSSR count). The number of hydrogen-bond acceptors (Lipinski definition) is 4. The fraction of sp³-hybridized carbons (Fsp3) is 0.0833. The van der Waals surface area contributed by atoms with Crippen molar-refractivity contribution in [3.63, 3.8) is 0 Å². The van der Waals surface area contributed by atoms with Crippen molar-refractivity contribution in [3.05, 3.63) is 50.1 Å². The second-order valence-corrected chi connectivity index (χ2v) is 7.32. The van der Waals surface area contributed by atoms with Crippen LogP contribution in [0.4, 0.5) is 0 Å². The summed E-state index contributed by atoms with van der Waals surface area (Å²) >= 11 is 13.0. The third-order valence-electron chi connectivity index (χ3n) is 2.46. The van der Waals surface area contributed by atoms with Gasteiger partial charge in [0.25, 0.3) is 10.0 Å². The number of sulfonamides is 1. The van der Waals surface area contributed by atoms with E-state index in [1.54, 1.807) is 0 Å². The number of hydrazone groups is 1. The summed E-state index contributed by atoms with van der Waals surface area (Å²) in [6.07, 6.45) is 1.47. The Morgan fingerprint density at radius 3 is 2.60 bits per heavy atom. The Balaban J connectivity index is 2.17. The quantitative estimate of drug-likeness (QED) is 0.676. The Morgan fingerprint density at radius 2 is 2.00 bits per heavy atom. The summed E-state index contributed by atoms with van der Waals surface area (Å²) < 4.78 is 24.0. The molecule has 0 aliphatic heterocycles. The first-order chi connectivity index (χ1) is 9.40. The second-order valence-electron chi connectivity index (χ2n) is 3.90. The van der Waals surface area contributed by atoms with Gasteiger partial charge in [0.1, 0.15) is 0 Å². The summed E-state index contributed by atoms with van der Waals surface area (Å²) in [6.45, 7) is 1.92. The molecule has 106 valence electrons. The van der Waals surface area contributed by atoms with E-state index >= 15 is 0 Å². The first kappa shape index (κ1) is 15.3. The molecule has 0 unspecified atom stereocenters. The maximum atomic E-state index is 12.0. The molecule has 0 aliphatic rings. The molecular weight excluding hydrogens is 339 g/mol. The average molecular weight is 349 g/mol. The minimum absolute atomic E-state index is 0.00644. The lowest BCUT2D eigenvalue weighted by molar-refractivity contribution is 0.584. The number of halogens is 2. The van der Waals surface area contributed by atoms with Crippen LogP contribution in [-0.2, 0) is 10.0 Å². The molecule has 1 N–H and O–H groups in total. The monoisotopic (exact) mass is 348 g/mol. The molecule has 1 aromatic carbocycles. The van der Waals surface area contributed by atoms with E-state index in [9.17, 15) is 8.42 Å². The smallest absolute Gasteiger partial charge is 0.200 e. The average Bonchev–Trinajstić information content (AvgIpc) is 2.78. The molecule has 0 bridgehead atoms. The van der Waals surface area contributed by atoms with Crippen LogP contribution < -0.4 is 4.83 Å². The summed E-state index contributed by atoms with van der Waals surface area (Å²) in [5.41, 5.74) is 1.03. The summed E-state index contributed by atoms with van der Waals surface area (Å²) in [7, 11) is -3.75. The standard InChI is InChI=1S/C12H10Cl2N2O2S2/c1-8-4-5-19-12(8)7-15-16-20(17,18)9-2-3-10(13)11(14)6-9/h2-7,16H,1H3/b15-7+. The maximum absolute atomic E-state index is 12.0. The van der Waals surface area contributed by atoms with Gasteiger partial charge in [-0.25, -0.2) is 4.83 Å². The Labute approximate surface area is 131 Å². The third-order valence-corrected chi connectivity index (χ3v) is 5.37. The topological polar surface area (TPSA) is 58.5 Å². The number of benzene rings is 1. The van der Waals surface area contributed by atoms with E-state index in [-0.39, 0.29) is 9.92 Å². The van der Waals surface area contributed by atoms with Gasteiger partial charge in [0.15, 0.2) is 0 Å². The molecule has 1 heterocycles. The van der Waals surface area contributed by atoms with Gasteiger partial charge in [-0.2, -0.15) is 13.5 Å². The molecule has 0 aliphatic carbocycles. The lowest BCUT2D eigenvalue weighted by Crippen LogP contribution is -2.18. The minimum atomic E-state index is -3.75. The van der Waals surface area contributed by atoms with Crippen molar-refractivity contribution in [1.29, 1.82) is 0 Å². The van der Waals surface area contributed by atoms with Crippen molar-refractivity contribution in [2.45, 2.75) is 11.8 Å². The van der Waals surface area contributed by atoms with Crippen LogP contribution in [0.2, 0.25) is 10.0 Å². The Morgan fingerprint density at radius 1 is 1.25 bits per heavy atom. The molecular formula is C12H10Cl2N2O2S2. The lowest BCUT2D eigenvalue weighted by Gasteiger charge is -2.04. The molecule has 0 spiro atoms. The number of nitrogens with zero attached hydrogens (tertiary/aromatic N) is 1. The van der Waals surface area contributed by atoms with Crippen LogP contribution in [0.5, 0.6) is 0 Å². The van der Waals surface area contributed by atoms with E-state index in [0.717, 1.165) is 10.4 Å². The molecule has 8 heteroatoms. The highest BCUT2D eigenvalue weighted by Crippen LogP contribution is 2.24. The van der Waals surface area contributed by atoms with Gasteiger partial charge in [-0.3, -0.25) is 0 Å². The number of thiophene rings is 1. The molecule has 0 saturated heterocycles. The van der Waals surface area contributed by atoms with Crippen molar-refractivity contribution >= 4 is 50.8 Å². The van der Waals surface area contributed by atoms with Crippen LogP contribution in [-0.4, -0.2) is 14.6 Å². The van der Waals surface area contributed by atoms with Crippen LogP contribution in [0.3, 0.4) is 0 Å². The summed E-state index contributed by atoms with van der Waals surface area (Å²) in [4.78, 5) is 3.03. The lowest BCUT2D eigenvalue weighted by atomic mass is 10.3. The molecule has 4 nitrogen and oxygen atoms in total. The van der Waals surface area contributed by atoms with E-state index in [1.807, 2.05) is 18.4 Å². The van der Waals surface area contributed by atoms with Crippen LogP contribution in [0, 0.1) is 6.92 Å². The SMILES string of the molecule is Cc1ccsc1/C=N/NS(=O)(=O)c1ccc(Cl)c(Cl)c1. The van der Waals surface area contributed by atoms with E-state index in [1.165, 1.54) is 35.8 Å². The zero-order valence-corrected chi connectivity index (χ0v) is 13.4. The predicted molar refractivity (Wildman–Crippen MR) is 83.4 cm³/mol.